The number of methoxy groups -OCH3 is 1. The molecule has 1 saturated carbocycles. The summed E-state index contributed by atoms with van der Waals surface area (Å²) in [4.78, 5) is 16.5. The first-order chi connectivity index (χ1) is 15.2. The van der Waals surface area contributed by atoms with E-state index in [2.05, 4.69) is 10.1 Å². The Bertz CT molecular complexity index is 1220. The van der Waals surface area contributed by atoms with Crippen LogP contribution in [0.4, 0.5) is 17.6 Å². The Morgan fingerprint density at radius 2 is 1.91 bits per heavy atom. The summed E-state index contributed by atoms with van der Waals surface area (Å²) in [5.74, 6) is -2.30. The van der Waals surface area contributed by atoms with Crippen molar-refractivity contribution in [2.24, 2.45) is 18.0 Å². The third kappa shape index (κ3) is 4.03. The summed E-state index contributed by atoms with van der Waals surface area (Å²) in [5.41, 5.74) is 0.231. The van der Waals surface area contributed by atoms with Crippen LogP contribution < -0.4 is 15.7 Å². The Morgan fingerprint density at radius 3 is 2.56 bits per heavy atom. The molecule has 1 aromatic rings. The van der Waals surface area contributed by atoms with E-state index in [0.29, 0.717) is 34.9 Å². The van der Waals surface area contributed by atoms with E-state index < -0.39 is 29.9 Å². The number of hydrogen-bond donors (Lipinski definition) is 1. The van der Waals surface area contributed by atoms with Crippen molar-refractivity contribution < 1.29 is 22.3 Å². The average Bonchev–Trinajstić information content (AvgIpc) is 3.53. The summed E-state index contributed by atoms with van der Waals surface area (Å²) in [6.45, 7) is -0.489. The minimum Gasteiger partial charge on any atom is -0.493 e. The molecule has 1 fully saturated rings. The number of hydrogen-bond acceptors (Lipinski definition) is 3. The molecular formula is C23H23F4N3O2. The van der Waals surface area contributed by atoms with Gasteiger partial charge >= 0.3 is 6.18 Å². The quantitative estimate of drug-likeness (QED) is 0.575. The standard InChI is InChI=1S/C23H23F4N3O2/c1-30-21(31)15-5-3-8-19(16(15)13-29-30)28-12-14(23(25,26)27)11-22(9-10-22)17-6-4-7-18(24)20(17)32-2/h3-8,13-14,29H,9-12H2,1-2H3. The molecule has 1 N–H and O–H groups in total. The number of ether oxygens (including phenoxy) is 1. The first-order valence-electron chi connectivity index (χ1n) is 10.2. The minimum atomic E-state index is -4.48. The highest BCUT2D eigenvalue weighted by atomic mass is 19.4. The van der Waals surface area contributed by atoms with Crippen LogP contribution in [0.2, 0.25) is 0 Å². The number of benzene rings is 2. The molecule has 1 atom stereocenters. The third-order valence-electron chi connectivity index (χ3n) is 6.20. The summed E-state index contributed by atoms with van der Waals surface area (Å²) < 4.78 is 62.5. The Balaban J connectivity index is 1.67. The van der Waals surface area contributed by atoms with Gasteiger partial charge < -0.3 is 9.84 Å². The number of aryl methyl sites for hydroxylation is 1. The van der Waals surface area contributed by atoms with Crippen LogP contribution in [-0.4, -0.2) is 29.6 Å². The molecule has 0 amide bonds. The van der Waals surface area contributed by atoms with Crippen LogP contribution in [0.15, 0.2) is 52.4 Å². The van der Waals surface area contributed by atoms with E-state index in [1.807, 2.05) is 0 Å². The maximum absolute atomic E-state index is 14.2. The van der Waals surface area contributed by atoms with Gasteiger partial charge in [-0.25, -0.2) is 4.39 Å². The average molecular weight is 449 g/mol. The highest BCUT2D eigenvalue weighted by molar-refractivity contribution is 5.61. The summed E-state index contributed by atoms with van der Waals surface area (Å²) in [6.07, 6.45) is -2.08. The van der Waals surface area contributed by atoms with Crippen molar-refractivity contribution >= 4 is 0 Å². The second-order valence-electron chi connectivity index (χ2n) is 8.26. The number of halogens is 4. The van der Waals surface area contributed by atoms with Crippen LogP contribution in [-0.2, 0) is 12.5 Å². The van der Waals surface area contributed by atoms with Crippen LogP contribution in [0.5, 0.6) is 5.75 Å². The first-order valence-corrected chi connectivity index (χ1v) is 10.2. The molecule has 3 aliphatic rings. The van der Waals surface area contributed by atoms with Crippen molar-refractivity contribution in [3.63, 3.8) is 0 Å². The van der Waals surface area contributed by atoms with Crippen molar-refractivity contribution in [2.75, 3.05) is 13.7 Å². The predicted octanol–water partition coefficient (Wildman–Crippen LogP) is 4.17. The van der Waals surface area contributed by atoms with Gasteiger partial charge in [0.1, 0.15) is 0 Å². The maximum atomic E-state index is 14.2. The summed E-state index contributed by atoms with van der Waals surface area (Å²) in [5, 5.41) is 3.08. The van der Waals surface area contributed by atoms with E-state index in [9.17, 15) is 22.4 Å². The number of aromatic nitrogens is 2. The predicted molar refractivity (Wildman–Crippen MR) is 111 cm³/mol. The van der Waals surface area contributed by atoms with Crippen molar-refractivity contribution in [1.29, 1.82) is 0 Å². The number of nitrogens with zero attached hydrogens (tertiary/aromatic N) is 2. The Kier molecular flexibility index (Phi) is 5.60. The zero-order valence-electron chi connectivity index (χ0n) is 17.7. The van der Waals surface area contributed by atoms with Crippen LogP contribution in [0, 0.1) is 11.7 Å². The highest BCUT2D eigenvalue weighted by Gasteiger charge is 2.52. The van der Waals surface area contributed by atoms with Gasteiger partial charge in [-0.1, -0.05) is 18.2 Å². The largest absolute Gasteiger partial charge is 0.493 e. The van der Waals surface area contributed by atoms with Crippen molar-refractivity contribution in [3.8, 4) is 16.9 Å². The molecule has 1 aliphatic heterocycles. The minimum absolute atomic E-state index is 0.00305. The van der Waals surface area contributed by atoms with E-state index in [0.717, 1.165) is 0 Å². The highest BCUT2D eigenvalue weighted by Crippen LogP contribution is 2.57. The molecule has 32 heavy (non-hydrogen) atoms. The molecule has 0 radical (unpaired) electrons. The number of alkyl halides is 3. The molecule has 0 bridgehead atoms. The lowest BCUT2D eigenvalue weighted by molar-refractivity contribution is -0.175. The fourth-order valence-corrected chi connectivity index (χ4v) is 4.26. The van der Waals surface area contributed by atoms with Gasteiger partial charge in [0, 0.05) is 24.4 Å². The van der Waals surface area contributed by atoms with Crippen LogP contribution >= 0.6 is 0 Å². The molecule has 4 rings (SSSR count). The lowest BCUT2D eigenvalue weighted by atomic mass is 9.84. The molecule has 9 heteroatoms. The lowest BCUT2D eigenvalue weighted by Gasteiger charge is -2.26. The fraction of sp³-hybridized carbons (Fsp3) is 0.391. The number of rotatable bonds is 6. The van der Waals surface area contributed by atoms with Gasteiger partial charge in [0.15, 0.2) is 11.6 Å². The number of fused-ring (bicyclic) bond motifs is 1. The van der Waals surface area contributed by atoms with E-state index >= 15 is 0 Å². The van der Waals surface area contributed by atoms with Gasteiger partial charge in [-0.15, -0.1) is 0 Å². The van der Waals surface area contributed by atoms with Crippen molar-refractivity contribution in [2.45, 2.75) is 30.9 Å². The number of aromatic amines is 1. The third-order valence-corrected chi connectivity index (χ3v) is 6.20. The summed E-state index contributed by atoms with van der Waals surface area (Å²) in [7, 11) is 2.87. The normalized spacial score (nSPS) is 16.9. The molecule has 2 aliphatic carbocycles. The van der Waals surface area contributed by atoms with E-state index in [1.165, 1.54) is 23.9 Å². The molecule has 0 aromatic heterocycles. The molecular weight excluding hydrogens is 426 g/mol. The lowest BCUT2D eigenvalue weighted by Crippen LogP contribution is -2.31. The molecule has 0 saturated heterocycles. The monoisotopic (exact) mass is 449 g/mol. The molecule has 0 spiro atoms. The van der Waals surface area contributed by atoms with Gasteiger partial charge in [-0.3, -0.25) is 14.5 Å². The van der Waals surface area contributed by atoms with Crippen LogP contribution in [0.1, 0.15) is 24.8 Å². The summed E-state index contributed by atoms with van der Waals surface area (Å²) >= 11 is 0. The maximum Gasteiger partial charge on any atom is 0.393 e. The molecule has 1 unspecified atom stereocenters. The van der Waals surface area contributed by atoms with Gasteiger partial charge in [0.25, 0.3) is 5.56 Å². The zero-order valence-corrected chi connectivity index (χ0v) is 17.7. The van der Waals surface area contributed by atoms with Gasteiger partial charge in [-0.05, 0) is 42.9 Å². The smallest absolute Gasteiger partial charge is 0.393 e. The van der Waals surface area contributed by atoms with Gasteiger partial charge in [0.05, 0.1) is 30.5 Å². The molecule has 1 heterocycles. The zero-order chi connectivity index (χ0) is 23.1. The second-order valence-corrected chi connectivity index (χ2v) is 8.26. The Morgan fingerprint density at radius 1 is 1.19 bits per heavy atom. The number of nitrogens with one attached hydrogen (secondary N) is 1. The molecule has 5 nitrogen and oxygen atoms in total. The van der Waals surface area contributed by atoms with Gasteiger partial charge in [-0.2, -0.15) is 13.2 Å². The molecule has 1 aromatic carbocycles. The van der Waals surface area contributed by atoms with Crippen molar-refractivity contribution in [1.82, 2.24) is 9.78 Å². The number of para-hydroxylation sites is 1. The summed E-state index contributed by atoms with van der Waals surface area (Å²) in [6, 6.07) is 9.16. The van der Waals surface area contributed by atoms with Gasteiger partial charge in [0.2, 0.25) is 0 Å². The van der Waals surface area contributed by atoms with Crippen LogP contribution in [0.25, 0.3) is 11.1 Å². The second kappa shape index (κ2) is 8.11. The van der Waals surface area contributed by atoms with E-state index in [1.54, 1.807) is 37.5 Å². The Labute approximate surface area is 181 Å². The SMILES string of the molecule is COc1c(F)cccc1C1(CC(CN=c2cccc3c(=O)n(C)[nH]cc2-3)C(F)(F)F)CC1. The molecule has 170 valence electrons. The van der Waals surface area contributed by atoms with Crippen molar-refractivity contribution in [3.05, 3.63) is 69.7 Å². The topological polar surface area (TPSA) is 59.4 Å². The fourth-order valence-electron chi connectivity index (χ4n) is 4.26. The Hall–Kier alpha value is -3.10. The van der Waals surface area contributed by atoms with E-state index in [-0.39, 0.29) is 17.7 Å². The number of H-pyrrole nitrogens is 1. The van der Waals surface area contributed by atoms with Crippen LogP contribution in [0.3, 0.4) is 0 Å². The van der Waals surface area contributed by atoms with E-state index in [4.69, 9.17) is 4.74 Å². The first kappa shape index (κ1) is 22.1.